The van der Waals surface area contributed by atoms with Gasteiger partial charge in [-0.25, -0.2) is 13.6 Å². The number of alkyl carbamates (subject to hydrolysis) is 1. The third-order valence-corrected chi connectivity index (χ3v) is 4.40. The van der Waals surface area contributed by atoms with Crippen LogP contribution < -0.4 is 10.2 Å². The Morgan fingerprint density at radius 2 is 1.96 bits per heavy atom. The maximum absolute atomic E-state index is 13.8. The molecule has 0 saturated carbocycles. The molecule has 1 heterocycles. The second-order valence-corrected chi connectivity index (χ2v) is 6.33. The molecule has 2 N–H and O–H groups in total. The van der Waals surface area contributed by atoms with E-state index in [1.54, 1.807) is 0 Å². The lowest BCUT2D eigenvalue weighted by atomic mass is 10.2. The zero-order valence-electron chi connectivity index (χ0n) is 13.9. The Morgan fingerprint density at radius 3 is 2.67 bits per heavy atom. The van der Waals surface area contributed by atoms with Gasteiger partial charge in [0.1, 0.15) is 11.6 Å². The first kappa shape index (κ1) is 19.1. The summed E-state index contributed by atoms with van der Waals surface area (Å²) in [5.41, 5.74) is 0.486. The molecular formula is C18H15ClF2N2O4. The summed E-state index contributed by atoms with van der Waals surface area (Å²) in [6, 6.07) is 9.40. The number of hydrogen-bond donors (Lipinski definition) is 2. The summed E-state index contributed by atoms with van der Waals surface area (Å²) in [7, 11) is 0. The first-order chi connectivity index (χ1) is 12.8. The van der Waals surface area contributed by atoms with Gasteiger partial charge in [-0.15, -0.1) is 0 Å². The number of halogens is 3. The molecule has 1 fully saturated rings. The number of benzene rings is 2. The number of rotatable bonds is 4. The van der Waals surface area contributed by atoms with Crippen LogP contribution in [0.3, 0.4) is 0 Å². The van der Waals surface area contributed by atoms with Crippen LogP contribution in [0.5, 0.6) is 0 Å². The maximum Gasteiger partial charge on any atom is 0.410 e. The molecule has 3 rings (SSSR count). The van der Waals surface area contributed by atoms with Crippen molar-refractivity contribution in [3.8, 4) is 0 Å². The quantitative estimate of drug-likeness (QED) is 0.779. The fraction of sp³-hybridized carbons (Fsp3) is 0.222. The van der Waals surface area contributed by atoms with Crippen LogP contribution in [0.15, 0.2) is 42.5 Å². The Balaban J connectivity index is 1.62. The van der Waals surface area contributed by atoms with E-state index in [0.717, 1.165) is 0 Å². The standard InChI is InChI=1S/C18H15ClF2N2O4/c19-14-3-1-2-11(15(14)21)10-22-17(25)27-18(26)8-9-23(16(18)24)13-6-4-12(20)5-7-13/h1-7,26H,8-10H2,(H,22,25)/t18-/m0/s1. The van der Waals surface area contributed by atoms with E-state index in [1.165, 1.54) is 47.4 Å². The first-order valence-corrected chi connectivity index (χ1v) is 8.37. The molecule has 1 aliphatic heterocycles. The third kappa shape index (κ3) is 4.01. The highest BCUT2D eigenvalue weighted by Gasteiger charge is 2.49. The van der Waals surface area contributed by atoms with Crippen LogP contribution in [0.1, 0.15) is 12.0 Å². The van der Waals surface area contributed by atoms with E-state index in [9.17, 15) is 23.5 Å². The molecule has 1 atom stereocenters. The van der Waals surface area contributed by atoms with Crippen molar-refractivity contribution in [2.45, 2.75) is 18.8 Å². The zero-order chi connectivity index (χ0) is 19.6. The molecule has 2 aromatic rings. The van der Waals surface area contributed by atoms with Crippen molar-refractivity contribution < 1.29 is 28.2 Å². The minimum atomic E-state index is -2.36. The monoisotopic (exact) mass is 396 g/mol. The Hall–Kier alpha value is -2.71. The summed E-state index contributed by atoms with van der Waals surface area (Å²) in [5.74, 6) is -4.36. The summed E-state index contributed by atoms with van der Waals surface area (Å²) < 4.78 is 31.7. The Labute approximate surface area is 158 Å². The van der Waals surface area contributed by atoms with Gasteiger partial charge in [0.15, 0.2) is 0 Å². The molecule has 9 heteroatoms. The van der Waals surface area contributed by atoms with Gasteiger partial charge in [0.2, 0.25) is 0 Å². The van der Waals surface area contributed by atoms with E-state index in [2.05, 4.69) is 5.32 Å². The van der Waals surface area contributed by atoms with Gasteiger partial charge in [0, 0.05) is 30.8 Å². The summed E-state index contributed by atoms with van der Waals surface area (Å²) in [6.07, 6.45) is -1.26. The van der Waals surface area contributed by atoms with Gasteiger partial charge in [-0.2, -0.15) is 0 Å². The van der Waals surface area contributed by atoms with E-state index < -0.39 is 29.4 Å². The van der Waals surface area contributed by atoms with E-state index in [4.69, 9.17) is 16.3 Å². The molecule has 1 aliphatic rings. The summed E-state index contributed by atoms with van der Waals surface area (Å²) >= 11 is 5.66. The van der Waals surface area contributed by atoms with Gasteiger partial charge >= 0.3 is 6.09 Å². The third-order valence-electron chi connectivity index (χ3n) is 4.11. The van der Waals surface area contributed by atoms with Gasteiger partial charge in [0.05, 0.1) is 5.02 Å². The second-order valence-electron chi connectivity index (χ2n) is 5.92. The van der Waals surface area contributed by atoms with E-state index >= 15 is 0 Å². The van der Waals surface area contributed by atoms with Crippen molar-refractivity contribution in [3.05, 3.63) is 64.7 Å². The molecule has 0 aliphatic carbocycles. The number of nitrogens with zero attached hydrogens (tertiary/aromatic N) is 1. The van der Waals surface area contributed by atoms with Crippen molar-refractivity contribution in [3.63, 3.8) is 0 Å². The molecule has 0 bridgehead atoms. The molecule has 1 saturated heterocycles. The molecular weight excluding hydrogens is 382 g/mol. The Bertz CT molecular complexity index is 878. The fourth-order valence-corrected chi connectivity index (χ4v) is 2.88. The number of anilines is 1. The van der Waals surface area contributed by atoms with Gasteiger partial charge in [-0.3, -0.25) is 4.79 Å². The minimum absolute atomic E-state index is 0.0805. The fourth-order valence-electron chi connectivity index (χ4n) is 2.69. The van der Waals surface area contributed by atoms with E-state index in [-0.39, 0.29) is 30.1 Å². The predicted octanol–water partition coefficient (Wildman–Crippen LogP) is 2.97. The highest BCUT2D eigenvalue weighted by molar-refractivity contribution is 6.30. The number of carbonyl (C=O) groups excluding carboxylic acids is 2. The number of amides is 2. The van der Waals surface area contributed by atoms with Crippen LogP contribution in [0.25, 0.3) is 0 Å². The number of nitrogens with one attached hydrogen (secondary N) is 1. The highest BCUT2D eigenvalue weighted by atomic mass is 35.5. The number of aliphatic hydroxyl groups is 1. The average Bonchev–Trinajstić information content (AvgIpc) is 2.92. The molecule has 0 spiro atoms. The smallest absolute Gasteiger partial charge is 0.407 e. The van der Waals surface area contributed by atoms with Crippen LogP contribution in [0.2, 0.25) is 5.02 Å². The van der Waals surface area contributed by atoms with Gasteiger partial charge in [-0.05, 0) is 30.3 Å². The van der Waals surface area contributed by atoms with Crippen molar-refractivity contribution in [1.82, 2.24) is 5.32 Å². The molecule has 2 aromatic carbocycles. The summed E-state index contributed by atoms with van der Waals surface area (Å²) in [5, 5.41) is 12.5. The Morgan fingerprint density at radius 1 is 1.26 bits per heavy atom. The predicted molar refractivity (Wildman–Crippen MR) is 93.1 cm³/mol. The van der Waals surface area contributed by atoms with Gasteiger partial charge in [0.25, 0.3) is 11.7 Å². The largest absolute Gasteiger partial charge is 0.410 e. The highest BCUT2D eigenvalue weighted by Crippen LogP contribution is 2.29. The SMILES string of the molecule is O=C(NCc1cccc(Cl)c1F)O[C@@]1(O)CCN(c2ccc(F)cc2)C1=O. The molecule has 2 amide bonds. The first-order valence-electron chi connectivity index (χ1n) is 8.00. The molecule has 0 unspecified atom stereocenters. The number of ether oxygens (including phenoxy) is 1. The zero-order valence-corrected chi connectivity index (χ0v) is 14.7. The molecule has 0 radical (unpaired) electrons. The van der Waals surface area contributed by atoms with Crippen LogP contribution >= 0.6 is 11.6 Å². The van der Waals surface area contributed by atoms with Crippen molar-refractivity contribution in [1.29, 1.82) is 0 Å². The Kier molecular flexibility index (Phi) is 5.29. The maximum atomic E-state index is 13.8. The summed E-state index contributed by atoms with van der Waals surface area (Å²) in [6.45, 7) is -0.158. The second kappa shape index (κ2) is 7.50. The summed E-state index contributed by atoms with van der Waals surface area (Å²) in [4.78, 5) is 25.5. The lowest BCUT2D eigenvalue weighted by Gasteiger charge is -2.22. The van der Waals surface area contributed by atoms with E-state index in [1.807, 2.05) is 0 Å². The minimum Gasteiger partial charge on any atom is -0.407 e. The lowest BCUT2D eigenvalue weighted by molar-refractivity contribution is -0.175. The van der Waals surface area contributed by atoms with Gasteiger partial charge in [-0.1, -0.05) is 23.7 Å². The molecule has 0 aromatic heterocycles. The molecule has 27 heavy (non-hydrogen) atoms. The van der Waals surface area contributed by atoms with Gasteiger partial charge < -0.3 is 20.1 Å². The van der Waals surface area contributed by atoms with E-state index in [0.29, 0.717) is 5.69 Å². The topological polar surface area (TPSA) is 78.9 Å². The van der Waals surface area contributed by atoms with Crippen molar-refractivity contribution in [2.24, 2.45) is 0 Å². The molecule has 6 nitrogen and oxygen atoms in total. The lowest BCUT2D eigenvalue weighted by Crippen LogP contribution is -2.46. The molecule has 142 valence electrons. The van der Waals surface area contributed by atoms with Crippen LogP contribution in [-0.2, 0) is 16.1 Å². The normalized spacial score (nSPS) is 19.3. The van der Waals surface area contributed by atoms with Crippen molar-refractivity contribution >= 4 is 29.3 Å². The van der Waals surface area contributed by atoms with Crippen LogP contribution in [-0.4, -0.2) is 29.4 Å². The van der Waals surface area contributed by atoms with Crippen molar-refractivity contribution in [2.75, 3.05) is 11.4 Å². The number of hydrogen-bond acceptors (Lipinski definition) is 4. The average molecular weight is 397 g/mol. The van der Waals surface area contributed by atoms with Crippen LogP contribution in [0, 0.1) is 11.6 Å². The number of carbonyl (C=O) groups is 2. The van der Waals surface area contributed by atoms with Crippen LogP contribution in [0.4, 0.5) is 19.3 Å².